The van der Waals surface area contributed by atoms with Crippen LogP contribution in [0.3, 0.4) is 0 Å². The molecule has 2 aliphatic carbocycles. The Balaban J connectivity index is 1.52. The zero-order valence-electron chi connectivity index (χ0n) is 14.3. The lowest BCUT2D eigenvalue weighted by Gasteiger charge is -2.35. The van der Waals surface area contributed by atoms with E-state index in [0.29, 0.717) is 17.9 Å². The standard InChI is InChI=1S/C20H25NO3/c1-24-19(23)16-6-5-15-7-8-20(10-17(15)9-16)11-18(22)21(13-20)12-14-3-2-4-14/h5-6,9,14H,2-4,7-8,10-13H2,1H3. The molecule has 0 aromatic heterocycles. The van der Waals surface area contributed by atoms with E-state index in [9.17, 15) is 9.59 Å². The predicted octanol–water partition coefficient (Wildman–Crippen LogP) is 2.98. The first kappa shape index (κ1) is 15.7. The minimum absolute atomic E-state index is 0.0720. The highest BCUT2D eigenvalue weighted by atomic mass is 16.5. The van der Waals surface area contributed by atoms with Crippen LogP contribution in [0.2, 0.25) is 0 Å². The Bertz CT molecular complexity index is 679. The van der Waals surface area contributed by atoms with Gasteiger partial charge >= 0.3 is 5.97 Å². The number of esters is 1. The Morgan fingerprint density at radius 2 is 2.12 bits per heavy atom. The molecule has 0 N–H and O–H groups in total. The molecule has 24 heavy (non-hydrogen) atoms. The maximum Gasteiger partial charge on any atom is 0.337 e. The molecule has 1 saturated carbocycles. The van der Waals surface area contributed by atoms with Crippen molar-refractivity contribution in [3.05, 3.63) is 34.9 Å². The van der Waals surface area contributed by atoms with Gasteiger partial charge in [0.2, 0.25) is 5.91 Å². The maximum absolute atomic E-state index is 12.5. The van der Waals surface area contributed by atoms with Crippen molar-refractivity contribution in [2.45, 2.75) is 44.9 Å². The summed E-state index contributed by atoms with van der Waals surface area (Å²) in [5.41, 5.74) is 3.23. The SMILES string of the molecule is COC(=O)c1ccc2c(c1)CC1(CC2)CC(=O)N(CC2CCC2)C1. The Kier molecular flexibility index (Phi) is 3.86. The summed E-state index contributed by atoms with van der Waals surface area (Å²) in [4.78, 5) is 26.4. The van der Waals surface area contributed by atoms with Gasteiger partial charge in [-0.2, -0.15) is 0 Å². The van der Waals surface area contributed by atoms with Crippen LogP contribution in [0.5, 0.6) is 0 Å². The zero-order chi connectivity index (χ0) is 16.7. The molecule has 0 bridgehead atoms. The minimum atomic E-state index is -0.286. The van der Waals surface area contributed by atoms with Crippen LogP contribution in [0.4, 0.5) is 0 Å². The molecular formula is C20H25NO3. The molecule has 1 amide bonds. The summed E-state index contributed by atoms with van der Waals surface area (Å²) in [5, 5.41) is 0. The number of aryl methyl sites for hydroxylation is 1. The number of hydrogen-bond donors (Lipinski definition) is 0. The smallest absolute Gasteiger partial charge is 0.337 e. The fraction of sp³-hybridized carbons (Fsp3) is 0.600. The van der Waals surface area contributed by atoms with Crippen LogP contribution in [0, 0.1) is 11.3 Å². The number of carbonyl (C=O) groups excluding carboxylic acids is 2. The summed E-state index contributed by atoms with van der Waals surface area (Å²) in [6.45, 7) is 1.85. The molecular weight excluding hydrogens is 302 g/mol. The highest BCUT2D eigenvalue weighted by Crippen LogP contribution is 2.44. The van der Waals surface area contributed by atoms with Crippen molar-refractivity contribution in [3.63, 3.8) is 0 Å². The summed E-state index contributed by atoms with van der Waals surface area (Å²) in [5.74, 6) is 0.770. The molecule has 4 rings (SSSR count). The molecule has 128 valence electrons. The molecule has 1 saturated heterocycles. The van der Waals surface area contributed by atoms with Crippen LogP contribution < -0.4 is 0 Å². The van der Waals surface area contributed by atoms with Crippen molar-refractivity contribution in [1.29, 1.82) is 0 Å². The normalized spacial score (nSPS) is 26.4. The van der Waals surface area contributed by atoms with E-state index in [1.54, 1.807) is 0 Å². The van der Waals surface area contributed by atoms with Gasteiger partial charge in [-0.05, 0) is 61.3 Å². The number of rotatable bonds is 3. The molecule has 3 aliphatic rings. The zero-order valence-corrected chi connectivity index (χ0v) is 14.3. The summed E-state index contributed by atoms with van der Waals surface area (Å²) in [6.07, 6.45) is 7.53. The summed E-state index contributed by atoms with van der Waals surface area (Å²) in [7, 11) is 1.41. The third-order valence-corrected chi connectivity index (χ3v) is 6.23. The van der Waals surface area contributed by atoms with Gasteiger partial charge in [-0.15, -0.1) is 0 Å². The number of ether oxygens (including phenoxy) is 1. The van der Waals surface area contributed by atoms with Crippen molar-refractivity contribution in [1.82, 2.24) is 4.90 Å². The minimum Gasteiger partial charge on any atom is -0.465 e. The van der Waals surface area contributed by atoms with Gasteiger partial charge in [0, 0.05) is 24.9 Å². The molecule has 1 unspecified atom stereocenters. The first-order valence-electron chi connectivity index (χ1n) is 9.06. The third kappa shape index (κ3) is 2.72. The Morgan fingerprint density at radius 3 is 2.83 bits per heavy atom. The van der Waals surface area contributed by atoms with Gasteiger partial charge in [0.1, 0.15) is 0 Å². The van der Waals surface area contributed by atoms with Gasteiger partial charge < -0.3 is 9.64 Å². The predicted molar refractivity (Wildman–Crippen MR) is 90.8 cm³/mol. The molecule has 2 fully saturated rings. The van der Waals surface area contributed by atoms with E-state index in [-0.39, 0.29) is 11.4 Å². The lowest BCUT2D eigenvalue weighted by molar-refractivity contribution is -0.128. The van der Waals surface area contributed by atoms with Crippen LogP contribution in [0.15, 0.2) is 18.2 Å². The van der Waals surface area contributed by atoms with Crippen molar-refractivity contribution in [2.75, 3.05) is 20.2 Å². The second-order valence-electron chi connectivity index (χ2n) is 7.90. The fourth-order valence-corrected chi connectivity index (χ4v) is 4.59. The van der Waals surface area contributed by atoms with Gasteiger partial charge in [0.15, 0.2) is 0 Å². The van der Waals surface area contributed by atoms with E-state index in [2.05, 4.69) is 11.0 Å². The van der Waals surface area contributed by atoms with E-state index in [4.69, 9.17) is 4.74 Å². The second kappa shape index (κ2) is 5.91. The average molecular weight is 327 g/mol. The van der Waals surface area contributed by atoms with Crippen LogP contribution in [-0.4, -0.2) is 37.0 Å². The number of hydrogen-bond acceptors (Lipinski definition) is 3. The van der Waals surface area contributed by atoms with Gasteiger partial charge in [-0.25, -0.2) is 4.79 Å². The van der Waals surface area contributed by atoms with Crippen LogP contribution >= 0.6 is 0 Å². The largest absolute Gasteiger partial charge is 0.465 e. The topological polar surface area (TPSA) is 46.6 Å². The second-order valence-corrected chi connectivity index (χ2v) is 7.90. The van der Waals surface area contributed by atoms with Crippen LogP contribution in [-0.2, 0) is 22.4 Å². The molecule has 1 heterocycles. The van der Waals surface area contributed by atoms with Crippen molar-refractivity contribution >= 4 is 11.9 Å². The molecule has 1 aromatic carbocycles. The van der Waals surface area contributed by atoms with Crippen molar-refractivity contribution in [3.8, 4) is 0 Å². The molecule has 1 aromatic rings. The highest BCUT2D eigenvalue weighted by Gasteiger charge is 2.45. The van der Waals surface area contributed by atoms with E-state index in [1.807, 2.05) is 12.1 Å². The molecule has 1 aliphatic heterocycles. The van der Waals surface area contributed by atoms with Crippen LogP contribution in [0.1, 0.15) is 53.6 Å². The van der Waals surface area contributed by atoms with E-state index < -0.39 is 0 Å². The van der Waals surface area contributed by atoms with Gasteiger partial charge in [0.25, 0.3) is 0 Å². The van der Waals surface area contributed by atoms with Crippen molar-refractivity contribution < 1.29 is 14.3 Å². The summed E-state index contributed by atoms with van der Waals surface area (Å²) < 4.78 is 4.84. The van der Waals surface area contributed by atoms with Gasteiger partial charge in [-0.1, -0.05) is 12.5 Å². The molecule has 1 spiro atoms. The number of methoxy groups -OCH3 is 1. The number of nitrogens with zero attached hydrogens (tertiary/aromatic N) is 1. The van der Waals surface area contributed by atoms with E-state index in [1.165, 1.54) is 37.5 Å². The first-order chi connectivity index (χ1) is 11.6. The quantitative estimate of drug-likeness (QED) is 0.802. The lowest BCUT2D eigenvalue weighted by atomic mass is 9.70. The van der Waals surface area contributed by atoms with E-state index >= 15 is 0 Å². The molecule has 4 heteroatoms. The summed E-state index contributed by atoms with van der Waals surface area (Å²) in [6, 6.07) is 5.88. The number of amides is 1. The number of likely N-dealkylation sites (tertiary alicyclic amines) is 1. The average Bonchev–Trinajstić information content (AvgIpc) is 2.84. The summed E-state index contributed by atoms with van der Waals surface area (Å²) >= 11 is 0. The molecule has 0 radical (unpaired) electrons. The molecule has 1 atom stereocenters. The monoisotopic (exact) mass is 327 g/mol. The van der Waals surface area contributed by atoms with Gasteiger partial charge in [0.05, 0.1) is 12.7 Å². The third-order valence-electron chi connectivity index (χ3n) is 6.23. The Morgan fingerprint density at radius 1 is 1.29 bits per heavy atom. The number of benzene rings is 1. The van der Waals surface area contributed by atoms with Crippen LogP contribution in [0.25, 0.3) is 0 Å². The number of carbonyl (C=O) groups is 2. The number of fused-ring (bicyclic) bond motifs is 1. The van der Waals surface area contributed by atoms with E-state index in [0.717, 1.165) is 38.3 Å². The van der Waals surface area contributed by atoms with Gasteiger partial charge in [-0.3, -0.25) is 4.79 Å². The first-order valence-corrected chi connectivity index (χ1v) is 9.06. The Hall–Kier alpha value is -1.84. The van der Waals surface area contributed by atoms with Crippen molar-refractivity contribution in [2.24, 2.45) is 11.3 Å². The highest BCUT2D eigenvalue weighted by molar-refractivity contribution is 5.89. The molecule has 4 nitrogen and oxygen atoms in total. The lowest BCUT2D eigenvalue weighted by Crippen LogP contribution is -2.36. The fourth-order valence-electron chi connectivity index (χ4n) is 4.59. The Labute approximate surface area is 143 Å². The maximum atomic E-state index is 12.5.